The van der Waals surface area contributed by atoms with E-state index in [0.29, 0.717) is 6.42 Å². The van der Waals surface area contributed by atoms with Crippen molar-refractivity contribution in [3.8, 4) is 0 Å². The Balaban J connectivity index is 1.46. The Hall–Kier alpha value is -6.93. The highest BCUT2D eigenvalue weighted by Crippen LogP contribution is 2.30. The molecule has 2 saturated heterocycles. The van der Waals surface area contributed by atoms with Crippen LogP contribution in [-0.2, 0) is 109 Å². The minimum Gasteiger partial charge on any atom is -0.463 e. The van der Waals surface area contributed by atoms with Crippen molar-refractivity contribution < 1.29 is 119 Å². The summed E-state index contributed by atoms with van der Waals surface area (Å²) in [4.78, 5) is 135. The van der Waals surface area contributed by atoms with Crippen LogP contribution in [0.1, 0.15) is 102 Å². The minimum atomic E-state index is -1.28. The van der Waals surface area contributed by atoms with Gasteiger partial charge in [0.15, 0.2) is 37.0 Å². The Kier molecular flexibility index (Phi) is 32.2. The first-order chi connectivity index (χ1) is 39.5. The van der Waals surface area contributed by atoms with E-state index in [0.717, 1.165) is 34.1 Å². The van der Waals surface area contributed by atoms with Crippen molar-refractivity contribution in [1.29, 1.82) is 0 Å². The third kappa shape index (κ3) is 27.3. The molecule has 5 amide bonds. The molecular weight excluding hydrogens is 1110 g/mol. The number of amides is 5. The number of nitrogens with one attached hydrogen (secondary N) is 5. The third-order valence-electron chi connectivity index (χ3n) is 11.5. The molecule has 1 aromatic rings. The van der Waals surface area contributed by atoms with Gasteiger partial charge in [0.1, 0.15) is 37.5 Å². The van der Waals surface area contributed by atoms with Crippen LogP contribution >= 0.6 is 0 Å². The predicted octanol–water partition coefficient (Wildman–Crippen LogP) is -0.313. The molecule has 2 aliphatic rings. The maximum atomic E-state index is 13.3. The van der Waals surface area contributed by atoms with E-state index in [1.807, 2.05) is 6.92 Å². The van der Waals surface area contributed by atoms with Crippen LogP contribution < -0.4 is 26.6 Å². The minimum absolute atomic E-state index is 0.00778. The molecule has 0 saturated carbocycles. The molecule has 30 heteroatoms. The molecule has 0 aliphatic carbocycles. The third-order valence-corrected chi connectivity index (χ3v) is 11.5. The standard InChI is InChI=1S/C53H79N5O25/c1-10-11-12-43(67)58-40-26-38(50(68)54-13-15-70-17-19-72-21-23-74-52-44(56-30(2)59)48(80-36(8)65)46(78-34(6)63)41(82-52)28-76-32(4)61)25-39(27-40)51(69)55-14-16-71-18-20-73-22-24-75-53-45(57-31(3)60)49(81-37(9)66)47(79-35(7)64)42(83-53)29-77-33(5)62/h25-27,41-42,44-49,52-53H,10-24,28-29H2,1-9H3,(H,54,68)(H,55,69)(H,56,59)(H,57,60)(H,58,67)/t41-,42-,44-,45-,46+,47+,48-,49-,52?,53?/m1/s1. The van der Waals surface area contributed by atoms with Crippen LogP contribution in [0.3, 0.4) is 0 Å². The summed E-state index contributed by atoms with van der Waals surface area (Å²) in [6, 6.07) is 1.97. The van der Waals surface area contributed by atoms with Gasteiger partial charge in [0.2, 0.25) is 17.7 Å². The average Bonchev–Trinajstić information content (AvgIpc) is 2.61. The smallest absolute Gasteiger partial charge is 0.303 e. The van der Waals surface area contributed by atoms with Gasteiger partial charge in [-0.2, -0.15) is 0 Å². The number of anilines is 1. The van der Waals surface area contributed by atoms with Gasteiger partial charge in [-0.05, 0) is 24.6 Å². The number of carbonyl (C=O) groups is 11. The molecule has 5 N–H and O–H groups in total. The topological polar surface area (TPSA) is 377 Å². The molecule has 0 radical (unpaired) electrons. The second-order valence-corrected chi connectivity index (χ2v) is 18.6. The van der Waals surface area contributed by atoms with Crippen molar-refractivity contribution in [2.45, 2.75) is 143 Å². The molecule has 83 heavy (non-hydrogen) atoms. The number of hydrogen-bond acceptors (Lipinski definition) is 25. The summed E-state index contributed by atoms with van der Waals surface area (Å²) < 4.78 is 77.9. The lowest BCUT2D eigenvalue weighted by atomic mass is 9.96. The Bertz CT molecular complexity index is 2180. The summed E-state index contributed by atoms with van der Waals surface area (Å²) in [7, 11) is 0. The number of esters is 6. The van der Waals surface area contributed by atoms with Crippen molar-refractivity contribution in [2.24, 2.45) is 0 Å². The van der Waals surface area contributed by atoms with Crippen LogP contribution in [0, 0.1) is 0 Å². The monoisotopic (exact) mass is 1190 g/mol. The van der Waals surface area contributed by atoms with Gasteiger partial charge in [-0.3, -0.25) is 52.7 Å². The quantitative estimate of drug-likeness (QED) is 0.0327. The van der Waals surface area contributed by atoms with E-state index < -0.39 is 121 Å². The second-order valence-electron chi connectivity index (χ2n) is 18.6. The highest BCUT2D eigenvalue weighted by molar-refractivity contribution is 6.02. The molecule has 0 spiro atoms. The van der Waals surface area contributed by atoms with Crippen molar-refractivity contribution in [2.75, 3.05) is 97.7 Å². The molecular formula is C53H79N5O25. The number of unbranched alkanes of at least 4 members (excludes halogenated alkanes) is 1. The highest BCUT2D eigenvalue weighted by atomic mass is 16.7. The van der Waals surface area contributed by atoms with Crippen LogP contribution in [0.2, 0.25) is 0 Å². The molecule has 10 atom stereocenters. The number of carbonyl (C=O) groups excluding carboxylic acids is 11. The zero-order valence-corrected chi connectivity index (χ0v) is 48.2. The summed E-state index contributed by atoms with van der Waals surface area (Å²) in [5.41, 5.74) is 0.404. The van der Waals surface area contributed by atoms with Crippen LogP contribution in [-0.4, -0.2) is 219 Å². The Morgan fingerprint density at radius 1 is 0.458 bits per heavy atom. The van der Waals surface area contributed by atoms with Gasteiger partial charge in [0.05, 0.1) is 66.1 Å². The van der Waals surface area contributed by atoms with E-state index in [2.05, 4.69) is 26.6 Å². The summed E-state index contributed by atoms with van der Waals surface area (Å²) in [5, 5.41) is 13.4. The van der Waals surface area contributed by atoms with Gasteiger partial charge < -0.3 is 92.9 Å². The summed E-state index contributed by atoms with van der Waals surface area (Å²) in [5.74, 6) is -6.76. The molecule has 2 unspecified atom stereocenters. The molecule has 1 aromatic carbocycles. The van der Waals surface area contributed by atoms with Gasteiger partial charge >= 0.3 is 35.8 Å². The van der Waals surface area contributed by atoms with E-state index in [-0.39, 0.29) is 122 Å². The lowest BCUT2D eigenvalue weighted by Crippen LogP contribution is -2.66. The predicted molar refractivity (Wildman–Crippen MR) is 282 cm³/mol. The van der Waals surface area contributed by atoms with Gasteiger partial charge in [-0.1, -0.05) is 13.3 Å². The Labute approximate surface area is 480 Å². The first-order valence-corrected chi connectivity index (χ1v) is 26.9. The lowest BCUT2D eigenvalue weighted by Gasteiger charge is -2.44. The molecule has 2 fully saturated rings. The molecule has 2 aliphatic heterocycles. The van der Waals surface area contributed by atoms with Crippen molar-refractivity contribution >= 4 is 71.0 Å². The summed E-state index contributed by atoms with van der Waals surface area (Å²) in [6.07, 6.45) is -8.29. The van der Waals surface area contributed by atoms with Crippen molar-refractivity contribution in [3.05, 3.63) is 29.3 Å². The largest absolute Gasteiger partial charge is 0.463 e. The zero-order valence-electron chi connectivity index (χ0n) is 48.2. The lowest BCUT2D eigenvalue weighted by molar-refractivity contribution is -0.279. The van der Waals surface area contributed by atoms with Gasteiger partial charge in [0.25, 0.3) is 11.8 Å². The maximum absolute atomic E-state index is 13.3. The van der Waals surface area contributed by atoms with Gasteiger partial charge in [-0.25, -0.2) is 0 Å². The highest BCUT2D eigenvalue weighted by Gasteiger charge is 2.53. The molecule has 3 rings (SSSR count). The fourth-order valence-corrected chi connectivity index (χ4v) is 8.16. The first-order valence-electron chi connectivity index (χ1n) is 26.9. The average molecular weight is 1190 g/mol. The fraction of sp³-hybridized carbons (Fsp3) is 0.679. The number of benzene rings is 1. The van der Waals surface area contributed by atoms with E-state index >= 15 is 0 Å². The van der Waals surface area contributed by atoms with E-state index in [1.165, 1.54) is 45.9 Å². The Morgan fingerprint density at radius 2 is 0.819 bits per heavy atom. The zero-order chi connectivity index (χ0) is 61.4. The second kappa shape index (κ2) is 38.0. The SMILES string of the molecule is CCCCC(=O)Nc1cc(C(=O)NCCOCCOCCOC2O[C@H](COC(C)=O)[C@H](OC(C)=O)[C@H](OC(C)=O)[C@H]2NC(C)=O)cc(C(=O)NCCOCCOCCOC2O[C@H](COC(C)=O)[C@H](OC(C)=O)[C@H](OC(C)=O)[C@H]2NC(C)=O)c1. The van der Waals surface area contributed by atoms with E-state index in [4.69, 9.17) is 66.3 Å². The summed E-state index contributed by atoms with van der Waals surface area (Å²) >= 11 is 0. The van der Waals surface area contributed by atoms with Gasteiger partial charge in [0, 0.05) is 91.7 Å². The van der Waals surface area contributed by atoms with Gasteiger partial charge in [-0.15, -0.1) is 0 Å². The molecule has 466 valence electrons. The molecule has 2 heterocycles. The van der Waals surface area contributed by atoms with E-state index in [1.54, 1.807) is 0 Å². The Morgan fingerprint density at radius 3 is 1.17 bits per heavy atom. The van der Waals surface area contributed by atoms with Crippen LogP contribution in [0.25, 0.3) is 0 Å². The van der Waals surface area contributed by atoms with Crippen LogP contribution in [0.15, 0.2) is 18.2 Å². The normalized spacial score (nSPS) is 21.9. The molecule has 30 nitrogen and oxygen atoms in total. The molecule has 0 aromatic heterocycles. The summed E-state index contributed by atoms with van der Waals surface area (Å²) in [6.45, 7) is 10.9. The first kappa shape index (κ1) is 70.3. The van der Waals surface area contributed by atoms with Crippen LogP contribution in [0.5, 0.6) is 0 Å². The van der Waals surface area contributed by atoms with Crippen molar-refractivity contribution in [1.82, 2.24) is 21.3 Å². The van der Waals surface area contributed by atoms with Crippen molar-refractivity contribution in [3.63, 3.8) is 0 Å². The molecule has 0 bridgehead atoms. The maximum Gasteiger partial charge on any atom is 0.303 e. The number of ether oxygens (including phenoxy) is 14. The number of rotatable bonds is 36. The fourth-order valence-electron chi connectivity index (χ4n) is 8.16. The van der Waals surface area contributed by atoms with Crippen LogP contribution in [0.4, 0.5) is 5.69 Å². The van der Waals surface area contributed by atoms with E-state index in [9.17, 15) is 52.7 Å². The number of hydrogen-bond donors (Lipinski definition) is 5.